The summed E-state index contributed by atoms with van der Waals surface area (Å²) in [6.45, 7) is 9.42. The van der Waals surface area contributed by atoms with Gasteiger partial charge in [-0.2, -0.15) is 0 Å². The smallest absolute Gasteiger partial charge is 0.308 e. The first kappa shape index (κ1) is 15.7. The van der Waals surface area contributed by atoms with Gasteiger partial charge in [0.1, 0.15) is 0 Å². The second-order valence-electron chi connectivity index (χ2n) is 5.01. The Morgan fingerprint density at radius 2 is 2.37 bits per heavy atom. The van der Waals surface area contributed by atoms with Crippen molar-refractivity contribution in [2.45, 2.75) is 45.3 Å². The van der Waals surface area contributed by atoms with Crippen molar-refractivity contribution in [2.75, 3.05) is 19.6 Å². The second kappa shape index (κ2) is 7.94. The van der Waals surface area contributed by atoms with E-state index in [4.69, 9.17) is 4.74 Å². The van der Waals surface area contributed by atoms with Gasteiger partial charge in [0.25, 0.3) is 0 Å². The van der Waals surface area contributed by atoms with Crippen LogP contribution >= 0.6 is 0 Å². The van der Waals surface area contributed by atoms with Crippen molar-refractivity contribution >= 4 is 11.9 Å². The molecule has 1 heterocycles. The van der Waals surface area contributed by atoms with Gasteiger partial charge >= 0.3 is 5.97 Å². The number of esters is 1. The SMILES string of the molecule is C=CCCCN1CCNC(CC(=O)OC(C)C)C1=O. The molecule has 1 fully saturated rings. The maximum atomic E-state index is 12.2. The Balaban J connectivity index is 2.43. The number of hydrogen-bond donors (Lipinski definition) is 1. The molecule has 1 N–H and O–H groups in total. The molecule has 108 valence electrons. The van der Waals surface area contributed by atoms with E-state index in [-0.39, 0.29) is 24.4 Å². The number of carbonyl (C=O) groups is 2. The average Bonchev–Trinajstić information content (AvgIpc) is 2.33. The number of unbranched alkanes of at least 4 members (excludes halogenated alkanes) is 1. The molecule has 0 spiro atoms. The maximum absolute atomic E-state index is 12.2. The van der Waals surface area contributed by atoms with Gasteiger partial charge in [0.05, 0.1) is 18.6 Å². The van der Waals surface area contributed by atoms with Gasteiger partial charge in [-0.1, -0.05) is 6.08 Å². The van der Waals surface area contributed by atoms with E-state index >= 15 is 0 Å². The van der Waals surface area contributed by atoms with Gasteiger partial charge in [-0.15, -0.1) is 6.58 Å². The second-order valence-corrected chi connectivity index (χ2v) is 5.01. The number of ether oxygens (including phenoxy) is 1. The number of rotatable bonds is 7. The van der Waals surface area contributed by atoms with Crippen LogP contribution in [0.1, 0.15) is 33.1 Å². The van der Waals surface area contributed by atoms with E-state index in [9.17, 15) is 9.59 Å². The first-order valence-corrected chi connectivity index (χ1v) is 6.87. The Hall–Kier alpha value is -1.36. The lowest BCUT2D eigenvalue weighted by Gasteiger charge is -2.32. The quantitative estimate of drug-likeness (QED) is 0.427. The van der Waals surface area contributed by atoms with E-state index in [0.717, 1.165) is 25.9 Å². The average molecular weight is 268 g/mol. The zero-order valence-electron chi connectivity index (χ0n) is 11.9. The lowest BCUT2D eigenvalue weighted by Crippen LogP contribution is -2.55. The van der Waals surface area contributed by atoms with Crippen LogP contribution in [0.2, 0.25) is 0 Å². The molecule has 0 saturated carbocycles. The predicted octanol–water partition coefficient (Wildman–Crippen LogP) is 1.09. The van der Waals surface area contributed by atoms with Gasteiger partial charge in [-0.25, -0.2) is 0 Å². The molecule has 0 aromatic carbocycles. The van der Waals surface area contributed by atoms with Crippen LogP contribution in [0.5, 0.6) is 0 Å². The summed E-state index contributed by atoms with van der Waals surface area (Å²) in [7, 11) is 0. The van der Waals surface area contributed by atoms with Crippen LogP contribution in [0, 0.1) is 0 Å². The largest absolute Gasteiger partial charge is 0.463 e. The van der Waals surface area contributed by atoms with Gasteiger partial charge in [-0.3, -0.25) is 9.59 Å². The number of piperazine rings is 1. The van der Waals surface area contributed by atoms with Crippen LogP contribution in [0.15, 0.2) is 12.7 Å². The fraction of sp³-hybridized carbons (Fsp3) is 0.714. The van der Waals surface area contributed by atoms with Crippen LogP contribution in [0.25, 0.3) is 0 Å². The van der Waals surface area contributed by atoms with Crippen molar-refractivity contribution in [3.05, 3.63) is 12.7 Å². The predicted molar refractivity (Wildman–Crippen MR) is 73.6 cm³/mol. The third-order valence-corrected chi connectivity index (χ3v) is 2.96. The molecular weight excluding hydrogens is 244 g/mol. The van der Waals surface area contributed by atoms with Crippen molar-refractivity contribution < 1.29 is 14.3 Å². The normalized spacial score (nSPS) is 19.6. The van der Waals surface area contributed by atoms with Gasteiger partial charge in [-0.05, 0) is 26.7 Å². The number of hydrogen-bond acceptors (Lipinski definition) is 4. The third kappa shape index (κ3) is 5.42. The highest BCUT2D eigenvalue weighted by molar-refractivity contribution is 5.87. The van der Waals surface area contributed by atoms with E-state index in [1.54, 1.807) is 13.8 Å². The minimum absolute atomic E-state index is 0.00369. The van der Waals surface area contributed by atoms with Crippen LogP contribution in [0.3, 0.4) is 0 Å². The summed E-state index contributed by atoms with van der Waals surface area (Å²) < 4.78 is 5.07. The van der Waals surface area contributed by atoms with Crippen molar-refractivity contribution in [1.29, 1.82) is 0 Å². The summed E-state index contributed by atoms with van der Waals surface area (Å²) in [5.74, 6) is -0.329. The number of nitrogens with one attached hydrogen (secondary N) is 1. The molecule has 19 heavy (non-hydrogen) atoms. The number of carbonyl (C=O) groups excluding carboxylic acids is 2. The van der Waals surface area contributed by atoms with E-state index in [1.807, 2.05) is 11.0 Å². The van der Waals surface area contributed by atoms with Crippen molar-refractivity contribution in [2.24, 2.45) is 0 Å². The molecule has 5 heteroatoms. The monoisotopic (exact) mass is 268 g/mol. The Labute approximate surface area is 115 Å². The van der Waals surface area contributed by atoms with Gasteiger partial charge in [0.2, 0.25) is 5.91 Å². The van der Waals surface area contributed by atoms with E-state index < -0.39 is 6.04 Å². The Kier molecular flexibility index (Phi) is 6.56. The molecule has 0 bridgehead atoms. The Bertz CT molecular complexity index is 329. The lowest BCUT2D eigenvalue weighted by atomic mass is 10.1. The third-order valence-electron chi connectivity index (χ3n) is 2.96. The summed E-state index contributed by atoms with van der Waals surface area (Å²) in [6, 6.07) is -0.441. The molecule has 0 aromatic rings. The van der Waals surface area contributed by atoms with E-state index in [1.165, 1.54) is 0 Å². The molecular formula is C14H24N2O3. The molecule has 5 nitrogen and oxygen atoms in total. The Morgan fingerprint density at radius 3 is 3.00 bits per heavy atom. The molecule has 1 saturated heterocycles. The van der Waals surface area contributed by atoms with Crippen LogP contribution in [0.4, 0.5) is 0 Å². The van der Waals surface area contributed by atoms with Crippen molar-refractivity contribution in [3.63, 3.8) is 0 Å². The first-order valence-electron chi connectivity index (χ1n) is 6.87. The molecule has 0 aliphatic carbocycles. The molecule has 1 aliphatic heterocycles. The number of allylic oxidation sites excluding steroid dienone is 1. The minimum atomic E-state index is -0.441. The molecule has 1 amide bonds. The molecule has 1 unspecified atom stereocenters. The highest BCUT2D eigenvalue weighted by Gasteiger charge is 2.30. The highest BCUT2D eigenvalue weighted by atomic mass is 16.5. The molecule has 0 radical (unpaired) electrons. The fourth-order valence-electron chi connectivity index (χ4n) is 2.08. The van der Waals surface area contributed by atoms with Gasteiger partial charge < -0.3 is 15.0 Å². The van der Waals surface area contributed by atoms with Gasteiger partial charge in [0.15, 0.2) is 0 Å². The summed E-state index contributed by atoms with van der Waals surface area (Å²) in [6.07, 6.45) is 3.63. The highest BCUT2D eigenvalue weighted by Crippen LogP contribution is 2.08. The molecule has 0 aromatic heterocycles. The maximum Gasteiger partial charge on any atom is 0.308 e. The Morgan fingerprint density at radius 1 is 1.63 bits per heavy atom. The molecule has 1 rings (SSSR count). The standard InChI is InChI=1S/C14H24N2O3/c1-4-5-6-8-16-9-7-15-12(14(16)18)10-13(17)19-11(2)3/h4,11-12,15H,1,5-10H2,2-3H3. The first-order chi connectivity index (χ1) is 9.04. The van der Waals surface area contributed by atoms with Crippen LogP contribution < -0.4 is 5.32 Å². The summed E-state index contributed by atoms with van der Waals surface area (Å²) in [5.41, 5.74) is 0. The summed E-state index contributed by atoms with van der Waals surface area (Å²) in [4.78, 5) is 25.6. The van der Waals surface area contributed by atoms with Crippen LogP contribution in [-0.2, 0) is 14.3 Å². The van der Waals surface area contributed by atoms with E-state index in [2.05, 4.69) is 11.9 Å². The van der Waals surface area contributed by atoms with Crippen molar-refractivity contribution in [3.8, 4) is 0 Å². The van der Waals surface area contributed by atoms with Crippen LogP contribution in [-0.4, -0.2) is 48.6 Å². The fourth-order valence-corrected chi connectivity index (χ4v) is 2.08. The summed E-state index contributed by atoms with van der Waals surface area (Å²) >= 11 is 0. The molecule has 1 aliphatic rings. The molecule has 1 atom stereocenters. The number of nitrogens with zero attached hydrogens (tertiary/aromatic N) is 1. The number of amides is 1. The zero-order chi connectivity index (χ0) is 14.3. The topological polar surface area (TPSA) is 58.6 Å². The van der Waals surface area contributed by atoms with Gasteiger partial charge in [0, 0.05) is 19.6 Å². The summed E-state index contributed by atoms with van der Waals surface area (Å²) in [5, 5.41) is 3.08. The van der Waals surface area contributed by atoms with Crippen molar-refractivity contribution in [1.82, 2.24) is 10.2 Å². The zero-order valence-corrected chi connectivity index (χ0v) is 11.9. The lowest BCUT2D eigenvalue weighted by molar-refractivity contribution is -0.151. The minimum Gasteiger partial charge on any atom is -0.463 e. The van der Waals surface area contributed by atoms with E-state index in [0.29, 0.717) is 6.54 Å².